The molecule has 1 saturated heterocycles. The molecule has 164 valence electrons. The number of likely N-dealkylation sites (N-methyl/N-ethyl adjacent to an activating group) is 1. The molecule has 10 heteroatoms. The highest BCUT2D eigenvalue weighted by atomic mass is 19.4. The van der Waals surface area contributed by atoms with E-state index in [1.807, 2.05) is 5.32 Å². The van der Waals surface area contributed by atoms with Crippen LogP contribution in [0.4, 0.5) is 23.7 Å². The van der Waals surface area contributed by atoms with Crippen molar-refractivity contribution in [2.45, 2.75) is 63.7 Å². The molecular formula is C20H25F3N4O3. The Morgan fingerprint density at radius 3 is 2.40 bits per heavy atom. The Morgan fingerprint density at radius 2 is 1.87 bits per heavy atom. The molecular weight excluding hydrogens is 401 g/mol. The fraction of sp³-hybridized carbons (Fsp3) is 0.600. The van der Waals surface area contributed by atoms with Crippen LogP contribution in [-0.4, -0.2) is 52.5 Å². The first kappa shape index (κ1) is 22.0. The van der Waals surface area contributed by atoms with Crippen molar-refractivity contribution in [1.82, 2.24) is 15.2 Å². The van der Waals surface area contributed by atoms with Crippen molar-refractivity contribution in [3.63, 3.8) is 0 Å². The molecule has 0 aromatic carbocycles. The van der Waals surface area contributed by atoms with Crippen LogP contribution in [0.2, 0.25) is 0 Å². The summed E-state index contributed by atoms with van der Waals surface area (Å²) in [6.45, 7) is 2.00. The Balaban J connectivity index is 1.73. The van der Waals surface area contributed by atoms with Gasteiger partial charge in [-0.3, -0.25) is 19.5 Å². The lowest BCUT2D eigenvalue weighted by Crippen LogP contribution is -2.66. The largest absolute Gasteiger partial charge is 0.408 e. The van der Waals surface area contributed by atoms with Crippen LogP contribution in [0.25, 0.3) is 0 Å². The van der Waals surface area contributed by atoms with Crippen molar-refractivity contribution in [2.75, 3.05) is 11.4 Å². The smallest absolute Gasteiger partial charge is 0.325 e. The molecule has 2 fully saturated rings. The van der Waals surface area contributed by atoms with E-state index in [0.29, 0.717) is 36.3 Å². The molecule has 3 rings (SSSR count). The Labute approximate surface area is 172 Å². The Bertz CT molecular complexity index is 781. The summed E-state index contributed by atoms with van der Waals surface area (Å²) in [5.41, 5.74) is 0.535. The highest BCUT2D eigenvalue weighted by Gasteiger charge is 2.51. The highest BCUT2D eigenvalue weighted by Crippen LogP contribution is 2.35. The third-order valence-corrected chi connectivity index (χ3v) is 5.76. The molecule has 0 radical (unpaired) electrons. The van der Waals surface area contributed by atoms with E-state index in [1.54, 1.807) is 19.1 Å². The molecule has 30 heavy (non-hydrogen) atoms. The summed E-state index contributed by atoms with van der Waals surface area (Å²) in [4.78, 5) is 43.4. The second kappa shape index (κ2) is 9.01. The van der Waals surface area contributed by atoms with Crippen LogP contribution in [0.3, 0.4) is 0 Å². The van der Waals surface area contributed by atoms with E-state index in [4.69, 9.17) is 0 Å². The first-order valence-corrected chi connectivity index (χ1v) is 10.1. The van der Waals surface area contributed by atoms with Crippen LogP contribution in [0.15, 0.2) is 24.5 Å². The van der Waals surface area contributed by atoms with E-state index in [2.05, 4.69) is 4.98 Å². The van der Waals surface area contributed by atoms with E-state index < -0.39 is 42.0 Å². The van der Waals surface area contributed by atoms with Gasteiger partial charge in [-0.15, -0.1) is 0 Å². The third kappa shape index (κ3) is 4.57. The van der Waals surface area contributed by atoms with Crippen molar-refractivity contribution in [1.29, 1.82) is 0 Å². The Morgan fingerprint density at radius 1 is 1.23 bits per heavy atom. The van der Waals surface area contributed by atoms with Gasteiger partial charge in [0.2, 0.25) is 5.91 Å². The van der Waals surface area contributed by atoms with Crippen LogP contribution < -0.4 is 10.2 Å². The lowest BCUT2D eigenvalue weighted by atomic mass is 9.83. The van der Waals surface area contributed by atoms with Crippen LogP contribution in [0.1, 0.15) is 45.4 Å². The summed E-state index contributed by atoms with van der Waals surface area (Å²) in [6, 6.07) is -1.10. The number of imide groups is 1. The molecule has 1 saturated carbocycles. The number of halogens is 3. The topological polar surface area (TPSA) is 82.6 Å². The first-order valence-electron chi connectivity index (χ1n) is 10.1. The van der Waals surface area contributed by atoms with Crippen molar-refractivity contribution < 1.29 is 27.6 Å². The zero-order valence-corrected chi connectivity index (χ0v) is 16.7. The molecule has 1 aliphatic heterocycles. The fourth-order valence-electron chi connectivity index (χ4n) is 4.18. The van der Waals surface area contributed by atoms with E-state index in [0.717, 1.165) is 6.42 Å². The van der Waals surface area contributed by atoms with Gasteiger partial charge in [0.15, 0.2) is 0 Å². The van der Waals surface area contributed by atoms with Gasteiger partial charge in [-0.2, -0.15) is 13.2 Å². The number of nitrogens with one attached hydrogen (secondary N) is 1. The minimum Gasteiger partial charge on any atom is -0.325 e. The maximum Gasteiger partial charge on any atom is 0.408 e. The number of carbonyl (C=O) groups is 3. The van der Waals surface area contributed by atoms with Gasteiger partial charge >= 0.3 is 12.2 Å². The molecule has 0 bridgehead atoms. The van der Waals surface area contributed by atoms with Gasteiger partial charge in [-0.25, -0.2) is 4.79 Å². The quantitative estimate of drug-likeness (QED) is 0.733. The van der Waals surface area contributed by atoms with Crippen LogP contribution in [0, 0.1) is 5.92 Å². The average molecular weight is 426 g/mol. The van der Waals surface area contributed by atoms with E-state index in [9.17, 15) is 27.6 Å². The number of alkyl halides is 3. The monoisotopic (exact) mass is 426 g/mol. The molecule has 4 amide bonds. The first-order chi connectivity index (χ1) is 14.2. The zero-order valence-electron chi connectivity index (χ0n) is 16.7. The van der Waals surface area contributed by atoms with Crippen LogP contribution in [0.5, 0.6) is 0 Å². The number of hydrogen-bond donors (Lipinski definition) is 1. The van der Waals surface area contributed by atoms with Crippen molar-refractivity contribution >= 4 is 23.5 Å². The van der Waals surface area contributed by atoms with Gasteiger partial charge in [0.1, 0.15) is 12.1 Å². The molecule has 2 heterocycles. The van der Waals surface area contributed by atoms with Crippen molar-refractivity contribution in [2.24, 2.45) is 5.92 Å². The van der Waals surface area contributed by atoms with Crippen LogP contribution in [-0.2, 0) is 9.59 Å². The van der Waals surface area contributed by atoms with E-state index >= 15 is 0 Å². The number of amides is 4. The summed E-state index contributed by atoms with van der Waals surface area (Å²) in [6.07, 6.45) is 1.12. The minimum atomic E-state index is -4.63. The number of β-lactam (4-membered cyclic amide) rings is 1. The summed E-state index contributed by atoms with van der Waals surface area (Å²) < 4.78 is 40.8. The minimum absolute atomic E-state index is 0.214. The zero-order chi connectivity index (χ0) is 21.9. The Kier molecular flexibility index (Phi) is 6.62. The summed E-state index contributed by atoms with van der Waals surface area (Å²) in [5.74, 6) is -1.90. The number of pyridine rings is 1. The number of urea groups is 1. The van der Waals surface area contributed by atoms with Crippen molar-refractivity contribution in [3.05, 3.63) is 24.5 Å². The van der Waals surface area contributed by atoms with Gasteiger partial charge in [0.25, 0.3) is 5.91 Å². The molecule has 1 N–H and O–H groups in total. The fourth-order valence-corrected chi connectivity index (χ4v) is 4.18. The molecule has 2 unspecified atom stereocenters. The lowest BCUT2D eigenvalue weighted by Gasteiger charge is -2.41. The highest BCUT2D eigenvalue weighted by molar-refractivity contribution is 6.11. The van der Waals surface area contributed by atoms with Gasteiger partial charge in [0.05, 0.1) is 6.42 Å². The molecule has 2 aliphatic rings. The SMILES string of the molecule is CCN(C(=O)C1CC(=O)N1C(=O)NC(C1CCCCC1)C(F)(F)F)c1ccncc1. The van der Waals surface area contributed by atoms with Gasteiger partial charge in [-0.05, 0) is 37.8 Å². The maximum absolute atomic E-state index is 13.6. The standard InChI is InChI=1S/C20H25F3N4O3/c1-2-26(14-8-10-24-11-9-14)18(29)15-12-16(28)27(15)19(30)25-17(20(21,22)23)13-6-4-3-5-7-13/h8-11,13,15,17H,2-7,12H2,1H3,(H,25,30). The number of aromatic nitrogens is 1. The predicted molar refractivity (Wildman–Crippen MR) is 102 cm³/mol. The summed E-state index contributed by atoms with van der Waals surface area (Å²) >= 11 is 0. The van der Waals surface area contributed by atoms with Gasteiger partial charge in [0, 0.05) is 24.6 Å². The number of rotatable bonds is 5. The number of likely N-dealkylation sites (tertiary alicyclic amines) is 1. The predicted octanol–water partition coefficient (Wildman–Crippen LogP) is 3.26. The average Bonchev–Trinajstić information content (AvgIpc) is 2.71. The van der Waals surface area contributed by atoms with Crippen LogP contribution >= 0.6 is 0 Å². The summed E-state index contributed by atoms with van der Waals surface area (Å²) in [5, 5.41) is 2.00. The summed E-state index contributed by atoms with van der Waals surface area (Å²) in [7, 11) is 0. The second-order valence-electron chi connectivity index (χ2n) is 7.64. The third-order valence-electron chi connectivity index (χ3n) is 5.76. The molecule has 7 nitrogen and oxygen atoms in total. The Hall–Kier alpha value is -2.65. The van der Waals surface area contributed by atoms with E-state index in [-0.39, 0.29) is 13.0 Å². The number of hydrogen-bond acceptors (Lipinski definition) is 4. The number of carbonyl (C=O) groups excluding carboxylic acids is 3. The molecule has 1 aliphatic carbocycles. The molecule has 0 spiro atoms. The molecule has 2 atom stereocenters. The lowest BCUT2D eigenvalue weighted by molar-refractivity contribution is -0.169. The van der Waals surface area contributed by atoms with E-state index in [1.165, 1.54) is 17.3 Å². The normalized spacial score (nSPS) is 21.0. The number of nitrogens with zero attached hydrogens (tertiary/aromatic N) is 3. The second-order valence-corrected chi connectivity index (χ2v) is 7.64. The molecule has 1 aromatic heterocycles. The number of anilines is 1. The molecule has 1 aromatic rings. The van der Waals surface area contributed by atoms with Gasteiger partial charge < -0.3 is 10.2 Å². The maximum atomic E-state index is 13.6. The van der Waals surface area contributed by atoms with Gasteiger partial charge in [-0.1, -0.05) is 19.3 Å². The van der Waals surface area contributed by atoms with Crippen molar-refractivity contribution in [3.8, 4) is 0 Å².